The van der Waals surface area contributed by atoms with E-state index >= 15 is 0 Å². The normalized spacial score (nSPS) is 15.8. The van der Waals surface area contributed by atoms with Gasteiger partial charge in [0.15, 0.2) is 5.54 Å². The van der Waals surface area contributed by atoms with E-state index in [1.807, 2.05) is 91.9 Å². The molecule has 0 aliphatic carbocycles. The van der Waals surface area contributed by atoms with Gasteiger partial charge < -0.3 is 0 Å². The van der Waals surface area contributed by atoms with E-state index in [2.05, 4.69) is 5.32 Å². The van der Waals surface area contributed by atoms with Crippen LogP contribution < -0.4 is 10.2 Å². The third kappa shape index (κ3) is 2.30. The van der Waals surface area contributed by atoms with Gasteiger partial charge in [-0.15, -0.1) is 0 Å². The van der Waals surface area contributed by atoms with Gasteiger partial charge in [-0.2, -0.15) is 0 Å². The molecule has 26 heavy (non-hydrogen) atoms. The van der Waals surface area contributed by atoms with E-state index in [9.17, 15) is 9.59 Å². The van der Waals surface area contributed by atoms with Gasteiger partial charge in [0.25, 0.3) is 5.91 Å². The summed E-state index contributed by atoms with van der Waals surface area (Å²) >= 11 is 0. The van der Waals surface area contributed by atoms with E-state index in [1.165, 1.54) is 0 Å². The van der Waals surface area contributed by atoms with Crippen LogP contribution in [0.5, 0.6) is 0 Å². The molecule has 0 spiro atoms. The fourth-order valence-corrected chi connectivity index (χ4v) is 3.55. The molecule has 128 valence electrons. The lowest BCUT2D eigenvalue weighted by atomic mass is 9.81. The van der Waals surface area contributed by atoms with Crippen molar-refractivity contribution >= 4 is 17.6 Å². The number of benzene rings is 3. The van der Waals surface area contributed by atoms with Crippen molar-refractivity contribution in [2.24, 2.45) is 0 Å². The largest absolute Gasteiger partial charge is 0.330 e. The van der Waals surface area contributed by atoms with E-state index < -0.39 is 11.6 Å². The third-order valence-electron chi connectivity index (χ3n) is 4.76. The van der Waals surface area contributed by atoms with Crippen molar-refractivity contribution in [3.63, 3.8) is 0 Å². The highest BCUT2D eigenvalue weighted by Gasteiger charge is 2.56. The molecule has 0 unspecified atom stereocenters. The number of aryl methyl sites for hydroxylation is 1. The molecule has 3 aromatic carbocycles. The Morgan fingerprint density at radius 3 is 1.73 bits per heavy atom. The third-order valence-corrected chi connectivity index (χ3v) is 4.76. The van der Waals surface area contributed by atoms with Crippen LogP contribution >= 0.6 is 0 Å². The Bertz CT molecular complexity index is 911. The first-order chi connectivity index (χ1) is 12.6. The maximum Gasteiger partial charge on any atom is 0.330 e. The molecule has 0 bridgehead atoms. The van der Waals surface area contributed by atoms with Crippen molar-refractivity contribution in [1.82, 2.24) is 5.32 Å². The number of rotatable bonds is 3. The zero-order valence-electron chi connectivity index (χ0n) is 14.3. The average Bonchev–Trinajstić information content (AvgIpc) is 2.95. The number of nitrogens with one attached hydrogen (secondary N) is 1. The molecule has 0 atom stereocenters. The molecule has 0 aromatic heterocycles. The minimum Gasteiger partial charge on any atom is -0.275 e. The Labute approximate surface area is 152 Å². The van der Waals surface area contributed by atoms with Crippen LogP contribution in [-0.4, -0.2) is 11.9 Å². The van der Waals surface area contributed by atoms with Crippen molar-refractivity contribution in [3.8, 4) is 0 Å². The molecule has 1 heterocycles. The molecule has 4 nitrogen and oxygen atoms in total. The Hall–Kier alpha value is -3.40. The quantitative estimate of drug-likeness (QED) is 0.732. The maximum absolute atomic E-state index is 13.2. The second-order valence-corrected chi connectivity index (χ2v) is 6.37. The van der Waals surface area contributed by atoms with Gasteiger partial charge in [0.2, 0.25) is 0 Å². The zero-order valence-corrected chi connectivity index (χ0v) is 14.3. The number of anilines is 1. The SMILES string of the molecule is Cc1ccc(N2C(=O)NC(=O)C2(c2ccccc2)c2ccccc2)cc1. The van der Waals surface area contributed by atoms with E-state index in [0.717, 1.165) is 16.7 Å². The Morgan fingerprint density at radius 1 is 0.731 bits per heavy atom. The van der Waals surface area contributed by atoms with Crippen LogP contribution in [0, 0.1) is 6.92 Å². The standard InChI is InChI=1S/C22H18N2O2/c1-16-12-14-19(15-13-16)24-21(26)23-20(25)22(24,17-8-4-2-5-9-17)18-10-6-3-7-11-18/h2-15H,1H3,(H,23,25,26). The Morgan fingerprint density at radius 2 is 1.23 bits per heavy atom. The second-order valence-electron chi connectivity index (χ2n) is 6.37. The fraction of sp³-hybridized carbons (Fsp3) is 0.0909. The van der Waals surface area contributed by atoms with Crippen LogP contribution in [0.3, 0.4) is 0 Å². The van der Waals surface area contributed by atoms with Gasteiger partial charge in [-0.1, -0.05) is 78.4 Å². The first-order valence-electron chi connectivity index (χ1n) is 8.47. The average molecular weight is 342 g/mol. The summed E-state index contributed by atoms with van der Waals surface area (Å²) in [7, 11) is 0. The topological polar surface area (TPSA) is 49.4 Å². The molecule has 1 aliphatic heterocycles. The lowest BCUT2D eigenvalue weighted by Gasteiger charge is -2.36. The summed E-state index contributed by atoms with van der Waals surface area (Å²) in [6.45, 7) is 1.99. The minimum atomic E-state index is -1.24. The number of nitrogens with zero attached hydrogens (tertiary/aromatic N) is 1. The van der Waals surface area contributed by atoms with Crippen LogP contribution in [0.1, 0.15) is 16.7 Å². The number of hydrogen-bond donors (Lipinski definition) is 1. The molecular formula is C22H18N2O2. The van der Waals surface area contributed by atoms with Gasteiger partial charge in [-0.25, -0.2) is 4.79 Å². The lowest BCUT2D eigenvalue weighted by Crippen LogP contribution is -2.48. The van der Waals surface area contributed by atoms with Gasteiger partial charge in [-0.05, 0) is 30.2 Å². The number of urea groups is 1. The molecule has 1 saturated heterocycles. The highest BCUT2D eigenvalue weighted by atomic mass is 16.2. The second kappa shape index (κ2) is 6.15. The van der Waals surface area contributed by atoms with Gasteiger partial charge in [0.1, 0.15) is 0 Å². The molecule has 4 rings (SSSR count). The predicted octanol–water partition coefficient (Wildman–Crippen LogP) is 4.00. The highest BCUT2D eigenvalue weighted by molar-refractivity contribution is 6.19. The summed E-state index contributed by atoms with van der Waals surface area (Å²) in [5.74, 6) is -0.347. The summed E-state index contributed by atoms with van der Waals surface area (Å²) < 4.78 is 0. The van der Waals surface area contributed by atoms with Gasteiger partial charge in [0, 0.05) is 5.69 Å². The number of amides is 3. The van der Waals surface area contributed by atoms with Crippen molar-refractivity contribution in [3.05, 3.63) is 102 Å². The van der Waals surface area contributed by atoms with Crippen molar-refractivity contribution in [2.75, 3.05) is 4.90 Å². The lowest BCUT2D eigenvalue weighted by molar-refractivity contribution is -0.122. The van der Waals surface area contributed by atoms with Crippen LogP contribution in [0.25, 0.3) is 0 Å². The number of hydrogen-bond acceptors (Lipinski definition) is 2. The first kappa shape index (κ1) is 16.1. The van der Waals surface area contributed by atoms with Gasteiger partial charge in [0.05, 0.1) is 0 Å². The molecule has 1 N–H and O–H groups in total. The molecule has 1 aliphatic rings. The Kier molecular flexibility index (Phi) is 3.81. The van der Waals surface area contributed by atoms with Crippen LogP contribution in [0.4, 0.5) is 10.5 Å². The van der Waals surface area contributed by atoms with Crippen molar-refractivity contribution < 1.29 is 9.59 Å². The van der Waals surface area contributed by atoms with Crippen LogP contribution in [0.15, 0.2) is 84.9 Å². The predicted molar refractivity (Wildman–Crippen MR) is 101 cm³/mol. The molecule has 0 radical (unpaired) electrons. The molecule has 3 amide bonds. The monoisotopic (exact) mass is 342 g/mol. The summed E-state index contributed by atoms with van der Waals surface area (Å²) in [4.78, 5) is 27.6. The van der Waals surface area contributed by atoms with Gasteiger partial charge in [-0.3, -0.25) is 15.0 Å². The molecule has 4 heteroatoms. The summed E-state index contributed by atoms with van der Waals surface area (Å²) in [6, 6.07) is 26.0. The van der Waals surface area contributed by atoms with E-state index in [0.29, 0.717) is 5.69 Å². The molecular weight excluding hydrogens is 324 g/mol. The first-order valence-corrected chi connectivity index (χ1v) is 8.47. The van der Waals surface area contributed by atoms with E-state index in [4.69, 9.17) is 0 Å². The summed E-state index contributed by atoms with van der Waals surface area (Å²) in [5, 5.41) is 2.52. The van der Waals surface area contributed by atoms with Gasteiger partial charge >= 0.3 is 6.03 Å². The van der Waals surface area contributed by atoms with Crippen molar-refractivity contribution in [2.45, 2.75) is 12.5 Å². The highest BCUT2D eigenvalue weighted by Crippen LogP contribution is 2.42. The summed E-state index contributed by atoms with van der Waals surface area (Å²) in [6.07, 6.45) is 0. The maximum atomic E-state index is 13.2. The molecule has 1 fully saturated rings. The van der Waals surface area contributed by atoms with Crippen molar-refractivity contribution in [1.29, 1.82) is 0 Å². The molecule has 0 saturated carbocycles. The van der Waals surface area contributed by atoms with E-state index in [1.54, 1.807) is 4.90 Å². The smallest absolute Gasteiger partial charge is 0.275 e. The Balaban J connectivity index is 2.03. The number of imide groups is 1. The molecule has 3 aromatic rings. The van der Waals surface area contributed by atoms with E-state index in [-0.39, 0.29) is 5.91 Å². The fourth-order valence-electron chi connectivity index (χ4n) is 3.55. The summed E-state index contributed by atoms with van der Waals surface area (Å²) in [5.41, 5.74) is 2.01. The minimum absolute atomic E-state index is 0.347. The number of carbonyl (C=O) groups is 2. The number of carbonyl (C=O) groups excluding carboxylic acids is 2. The van der Waals surface area contributed by atoms with Crippen LogP contribution in [0.2, 0.25) is 0 Å². The zero-order chi connectivity index (χ0) is 18.1. The van der Waals surface area contributed by atoms with Crippen LogP contribution in [-0.2, 0) is 10.3 Å².